The summed E-state index contributed by atoms with van der Waals surface area (Å²) in [7, 11) is 2.43. The van der Waals surface area contributed by atoms with Crippen LogP contribution in [0.25, 0.3) is 0 Å². The molecule has 7 nitrogen and oxygen atoms in total. The standard InChI is InChI=1S/C10H14FN3O4/c1-17-8(15)6-7-9(10(16)18-2)12-13-14(7)5-3-4-11/h3-6H2,1-2H3. The SMILES string of the molecule is COC(=O)Cc1c(C(=O)OC)nnn1CCCF. The lowest BCUT2D eigenvalue weighted by Crippen LogP contribution is -2.15. The predicted octanol–water partition coefficient (Wildman–Crippen LogP) is 0.140. The maximum atomic E-state index is 12.1. The minimum Gasteiger partial charge on any atom is -0.469 e. The normalized spacial score (nSPS) is 10.2. The summed E-state index contributed by atoms with van der Waals surface area (Å²) in [6, 6.07) is 0. The summed E-state index contributed by atoms with van der Waals surface area (Å²) >= 11 is 0. The maximum Gasteiger partial charge on any atom is 0.360 e. The molecule has 0 aliphatic heterocycles. The molecule has 1 aromatic rings. The van der Waals surface area contributed by atoms with Crippen molar-refractivity contribution in [2.45, 2.75) is 19.4 Å². The van der Waals surface area contributed by atoms with E-state index in [1.54, 1.807) is 0 Å². The van der Waals surface area contributed by atoms with Crippen LogP contribution in [0, 0.1) is 0 Å². The highest BCUT2D eigenvalue weighted by molar-refractivity contribution is 5.89. The summed E-state index contributed by atoms with van der Waals surface area (Å²) in [6.45, 7) is -0.294. The lowest BCUT2D eigenvalue weighted by Gasteiger charge is -2.05. The largest absolute Gasteiger partial charge is 0.469 e. The van der Waals surface area contributed by atoms with Gasteiger partial charge in [-0.15, -0.1) is 5.10 Å². The van der Waals surface area contributed by atoms with Crippen molar-refractivity contribution in [2.24, 2.45) is 0 Å². The van der Waals surface area contributed by atoms with Crippen molar-refractivity contribution in [1.29, 1.82) is 0 Å². The number of hydrogen-bond acceptors (Lipinski definition) is 6. The minimum absolute atomic E-state index is 0.0539. The average Bonchev–Trinajstić information content (AvgIpc) is 2.78. The van der Waals surface area contributed by atoms with Gasteiger partial charge in [0, 0.05) is 6.54 Å². The molecular weight excluding hydrogens is 245 g/mol. The Kier molecular flexibility index (Phi) is 5.22. The number of rotatable bonds is 6. The maximum absolute atomic E-state index is 12.1. The smallest absolute Gasteiger partial charge is 0.360 e. The molecule has 18 heavy (non-hydrogen) atoms. The number of halogens is 1. The molecule has 1 rings (SSSR count). The third-order valence-corrected chi connectivity index (χ3v) is 2.26. The van der Waals surface area contributed by atoms with Crippen molar-refractivity contribution in [3.8, 4) is 0 Å². The number of hydrogen-bond donors (Lipinski definition) is 0. The van der Waals surface area contributed by atoms with Crippen molar-refractivity contribution in [3.05, 3.63) is 11.4 Å². The molecule has 0 spiro atoms. The zero-order valence-electron chi connectivity index (χ0n) is 10.2. The molecule has 0 aromatic carbocycles. The first-order valence-corrected chi connectivity index (χ1v) is 5.27. The van der Waals surface area contributed by atoms with E-state index in [2.05, 4.69) is 19.8 Å². The highest BCUT2D eigenvalue weighted by Gasteiger charge is 2.22. The molecule has 1 aromatic heterocycles. The Bertz CT molecular complexity index is 433. The summed E-state index contributed by atoms with van der Waals surface area (Å²) < 4.78 is 22.5. The van der Waals surface area contributed by atoms with Crippen LogP contribution >= 0.6 is 0 Å². The minimum atomic E-state index is -0.694. The summed E-state index contributed by atoms with van der Waals surface area (Å²) in [5, 5.41) is 7.34. The topological polar surface area (TPSA) is 83.3 Å². The van der Waals surface area contributed by atoms with E-state index >= 15 is 0 Å². The molecule has 100 valence electrons. The van der Waals surface area contributed by atoms with Gasteiger partial charge in [-0.05, 0) is 6.42 Å². The monoisotopic (exact) mass is 259 g/mol. The summed E-state index contributed by atoms with van der Waals surface area (Å²) in [5.41, 5.74) is 0.212. The van der Waals surface area contributed by atoms with E-state index in [4.69, 9.17) is 0 Å². The van der Waals surface area contributed by atoms with Crippen LogP contribution in [-0.4, -0.2) is 47.8 Å². The quantitative estimate of drug-likeness (QED) is 0.676. The van der Waals surface area contributed by atoms with Gasteiger partial charge in [0.1, 0.15) is 0 Å². The van der Waals surface area contributed by atoms with E-state index < -0.39 is 18.6 Å². The number of ether oxygens (including phenoxy) is 2. The van der Waals surface area contributed by atoms with Crippen LogP contribution in [0.5, 0.6) is 0 Å². The van der Waals surface area contributed by atoms with Gasteiger partial charge in [0.05, 0.1) is 33.0 Å². The molecule has 1 heterocycles. The zero-order chi connectivity index (χ0) is 13.5. The third-order valence-electron chi connectivity index (χ3n) is 2.26. The Morgan fingerprint density at radius 3 is 2.61 bits per heavy atom. The first-order valence-electron chi connectivity index (χ1n) is 5.27. The predicted molar refractivity (Wildman–Crippen MR) is 57.7 cm³/mol. The summed E-state index contributed by atoms with van der Waals surface area (Å²) in [4.78, 5) is 22.7. The summed E-state index contributed by atoms with van der Waals surface area (Å²) in [6.07, 6.45) is 0.0539. The molecular formula is C10H14FN3O4. The number of alkyl halides is 1. The van der Waals surface area contributed by atoms with Gasteiger partial charge in [0.15, 0.2) is 5.69 Å². The van der Waals surface area contributed by atoms with Crippen LogP contribution in [-0.2, 0) is 27.2 Å². The van der Waals surface area contributed by atoms with E-state index in [1.807, 2.05) is 0 Å². The first-order chi connectivity index (χ1) is 8.63. The van der Waals surface area contributed by atoms with E-state index in [1.165, 1.54) is 18.9 Å². The Hall–Kier alpha value is -1.99. The second-order valence-corrected chi connectivity index (χ2v) is 3.39. The van der Waals surface area contributed by atoms with E-state index in [9.17, 15) is 14.0 Å². The number of aromatic nitrogens is 3. The Balaban J connectivity index is 3.00. The van der Waals surface area contributed by atoms with E-state index in [0.717, 1.165) is 0 Å². The van der Waals surface area contributed by atoms with E-state index in [0.29, 0.717) is 0 Å². The molecule has 0 atom stereocenters. The van der Waals surface area contributed by atoms with Crippen LogP contribution < -0.4 is 0 Å². The lowest BCUT2D eigenvalue weighted by molar-refractivity contribution is -0.139. The second kappa shape index (κ2) is 6.67. The van der Waals surface area contributed by atoms with Crippen molar-refractivity contribution in [2.75, 3.05) is 20.9 Å². The van der Waals surface area contributed by atoms with Crippen molar-refractivity contribution >= 4 is 11.9 Å². The van der Waals surface area contributed by atoms with Gasteiger partial charge in [0.25, 0.3) is 0 Å². The molecule has 0 saturated heterocycles. The average molecular weight is 259 g/mol. The van der Waals surface area contributed by atoms with Crippen molar-refractivity contribution in [3.63, 3.8) is 0 Å². The van der Waals surface area contributed by atoms with Gasteiger partial charge < -0.3 is 9.47 Å². The molecule has 0 aliphatic carbocycles. The van der Waals surface area contributed by atoms with Gasteiger partial charge in [-0.2, -0.15) is 0 Å². The fourth-order valence-electron chi connectivity index (χ4n) is 1.36. The number of nitrogens with zero attached hydrogens (tertiary/aromatic N) is 3. The summed E-state index contributed by atoms with van der Waals surface area (Å²) in [5.74, 6) is -1.23. The zero-order valence-corrected chi connectivity index (χ0v) is 10.2. The molecule has 0 fully saturated rings. The van der Waals surface area contributed by atoms with Gasteiger partial charge >= 0.3 is 11.9 Å². The van der Waals surface area contributed by atoms with Crippen molar-refractivity contribution < 1.29 is 23.5 Å². The van der Waals surface area contributed by atoms with Crippen LogP contribution in [0.3, 0.4) is 0 Å². The molecule has 0 bridgehead atoms. The lowest BCUT2D eigenvalue weighted by atomic mass is 10.2. The van der Waals surface area contributed by atoms with Crippen LogP contribution in [0.1, 0.15) is 22.6 Å². The number of esters is 2. The molecule has 0 radical (unpaired) electrons. The highest BCUT2D eigenvalue weighted by Crippen LogP contribution is 2.09. The first kappa shape index (κ1) is 14.1. The molecule has 0 unspecified atom stereocenters. The van der Waals surface area contributed by atoms with Crippen molar-refractivity contribution in [1.82, 2.24) is 15.0 Å². The van der Waals surface area contributed by atoms with Gasteiger partial charge in [-0.3, -0.25) is 9.18 Å². The molecule has 0 N–H and O–H groups in total. The Morgan fingerprint density at radius 1 is 1.33 bits per heavy atom. The van der Waals surface area contributed by atoms with E-state index in [-0.39, 0.29) is 30.8 Å². The highest BCUT2D eigenvalue weighted by atomic mass is 19.1. The number of carbonyl (C=O) groups excluding carboxylic acids is 2. The molecule has 0 aliphatic rings. The second-order valence-electron chi connectivity index (χ2n) is 3.39. The number of carbonyl (C=O) groups is 2. The molecule has 8 heteroatoms. The van der Waals surface area contributed by atoms with Gasteiger partial charge in [0.2, 0.25) is 0 Å². The number of aryl methyl sites for hydroxylation is 1. The van der Waals surface area contributed by atoms with Crippen LogP contribution in [0.4, 0.5) is 4.39 Å². The molecule has 0 amide bonds. The van der Waals surface area contributed by atoms with Crippen LogP contribution in [0.2, 0.25) is 0 Å². The molecule has 0 saturated carbocycles. The van der Waals surface area contributed by atoms with Gasteiger partial charge in [-0.25, -0.2) is 9.48 Å². The Labute approximate surface area is 103 Å². The fourth-order valence-corrected chi connectivity index (χ4v) is 1.36. The van der Waals surface area contributed by atoms with Crippen LogP contribution in [0.15, 0.2) is 0 Å². The third kappa shape index (κ3) is 3.25. The fraction of sp³-hybridized carbons (Fsp3) is 0.600. The van der Waals surface area contributed by atoms with Gasteiger partial charge in [-0.1, -0.05) is 5.21 Å². The number of methoxy groups -OCH3 is 2. The Morgan fingerprint density at radius 2 is 2.06 bits per heavy atom.